The van der Waals surface area contributed by atoms with Gasteiger partial charge in [0.15, 0.2) is 0 Å². The minimum Gasteiger partial charge on any atom is -0.396 e. The van der Waals surface area contributed by atoms with Crippen LogP contribution in [-0.2, 0) is 0 Å². The van der Waals surface area contributed by atoms with Crippen LogP contribution >= 0.6 is 0 Å². The average molecular weight is 1320 g/mol. The lowest BCUT2D eigenvalue weighted by molar-refractivity contribution is 0.0792. The normalized spacial score (nSPS) is 13.7. The highest BCUT2D eigenvalue weighted by atomic mass is 16.3. The van der Waals surface area contributed by atoms with Crippen LogP contribution in [0.5, 0.6) is 0 Å². The molecule has 3 aromatic rings. The maximum Gasteiger partial charge on any atom is 0.319 e. The maximum absolute atomic E-state index is 14.3. The van der Waals surface area contributed by atoms with E-state index in [0.717, 1.165) is 0 Å². The van der Waals surface area contributed by atoms with E-state index in [0.29, 0.717) is 0 Å². The predicted octanol–water partition coefficient (Wildman–Crippen LogP) is -5.30. The Morgan fingerprint density at radius 1 is 0.280 bits per heavy atom. The average Bonchev–Trinajstić information content (AvgIpc) is 0.790. The summed E-state index contributed by atoms with van der Waals surface area (Å²) in [7, 11) is 0. The lowest BCUT2D eigenvalue weighted by Crippen LogP contribution is -2.55. The van der Waals surface area contributed by atoms with Gasteiger partial charge in [0, 0.05) is 115 Å². The zero-order valence-corrected chi connectivity index (χ0v) is 53.3. The highest BCUT2D eigenvalue weighted by Gasteiger charge is 2.35. The third-order valence-electron chi connectivity index (χ3n) is 15.3. The monoisotopic (exact) mass is 1320 g/mol. The van der Waals surface area contributed by atoms with Crippen LogP contribution < -0.4 is 63.8 Å². The first-order valence-corrected chi connectivity index (χ1v) is 29.3. The minimum absolute atomic E-state index is 0.0764. The molecule has 3 aromatic carbocycles. The second kappa shape index (κ2) is 36.9. The lowest BCUT2D eigenvalue weighted by atomic mass is 9.88. The molecule has 6 unspecified atom stereocenters. The van der Waals surface area contributed by atoms with E-state index in [-0.39, 0.29) is 101 Å². The number of urea groups is 3. The van der Waals surface area contributed by atoms with Crippen molar-refractivity contribution in [3.63, 3.8) is 0 Å². The van der Waals surface area contributed by atoms with Crippen LogP contribution in [0.2, 0.25) is 0 Å². The third-order valence-corrected chi connectivity index (χ3v) is 15.3. The van der Waals surface area contributed by atoms with Crippen molar-refractivity contribution in [1.29, 1.82) is 0 Å². The van der Waals surface area contributed by atoms with Gasteiger partial charge in [-0.25, -0.2) is 14.4 Å². The summed E-state index contributed by atoms with van der Waals surface area (Å²) in [5.41, 5.74) is -2.53. The molecule has 93 heavy (non-hydrogen) atoms. The Labute approximate surface area is 535 Å². The first kappa shape index (κ1) is 79.0. The Hall–Kier alpha value is -8.23. The van der Waals surface area contributed by atoms with Crippen molar-refractivity contribution in [2.45, 2.75) is 98.9 Å². The number of rotatable bonds is 34. The van der Waals surface area contributed by atoms with Crippen molar-refractivity contribution >= 4 is 70.6 Å². The Balaban J connectivity index is 2.25. The van der Waals surface area contributed by atoms with Crippen LogP contribution in [0.1, 0.15) is 112 Å². The summed E-state index contributed by atoms with van der Waals surface area (Å²) in [6, 6.07) is -3.24. The fourth-order valence-corrected chi connectivity index (χ4v) is 10.1. The number of benzene rings is 3. The minimum atomic E-state index is -1.89. The summed E-state index contributed by atoms with van der Waals surface area (Å²) in [4.78, 5) is 125. The topological polar surface area (TPSA) is 561 Å². The number of amides is 12. The van der Waals surface area contributed by atoms with Crippen LogP contribution in [0.25, 0.3) is 0 Å². The molecule has 0 aromatic heterocycles. The molecule has 0 aliphatic rings. The van der Waals surface area contributed by atoms with E-state index in [1.807, 2.05) is 0 Å². The summed E-state index contributed by atoms with van der Waals surface area (Å²) in [6.45, 7) is 2.78. The van der Waals surface area contributed by atoms with Gasteiger partial charge < -0.3 is 130 Å². The highest BCUT2D eigenvalue weighted by Crippen LogP contribution is 2.35. The zero-order chi connectivity index (χ0) is 70.4. The SMILES string of the molecule is Cc1c(NC(=O)NCC(CO)(CNC(=O)Nc2c(C)c(C(=O)NCC(O)CO)c(C)c(C(=O)NCC(O)CO)c2C)CNC(=O)Nc2c(C)c(C(=O)NCC(O)CO)c(C)c(C(=O)NCC(O)CO)c2C)c(C)c(C(=O)NCC(O)CO)c(C)c1C(=O)NCC(O)CO. The Bertz CT molecular complexity index is 2720. The molecule has 0 aliphatic heterocycles. The maximum atomic E-state index is 14.3. The number of aliphatic hydroxyl groups excluding tert-OH is 13. The van der Waals surface area contributed by atoms with Gasteiger partial charge in [0.05, 0.1) is 82.9 Å². The van der Waals surface area contributed by atoms with Crippen molar-refractivity contribution in [1.82, 2.24) is 47.9 Å². The Kier molecular flexibility index (Phi) is 31.3. The molecule has 0 spiro atoms. The quantitative estimate of drug-likeness (QED) is 0.0266. The summed E-state index contributed by atoms with van der Waals surface area (Å²) in [5, 5.41) is 158. The van der Waals surface area contributed by atoms with Gasteiger partial charge in [-0.15, -0.1) is 0 Å². The fraction of sp³-hybridized carbons (Fsp3) is 0.542. The molecule has 0 bridgehead atoms. The van der Waals surface area contributed by atoms with Gasteiger partial charge in [-0.3, -0.25) is 28.8 Å². The van der Waals surface area contributed by atoms with Gasteiger partial charge in [-0.1, -0.05) is 0 Å². The number of nitrogens with one attached hydrogen (secondary N) is 12. The smallest absolute Gasteiger partial charge is 0.319 e. The molecule has 0 heterocycles. The molecule has 25 N–H and O–H groups in total. The van der Waals surface area contributed by atoms with E-state index < -0.39 is 201 Å². The van der Waals surface area contributed by atoms with Gasteiger partial charge in [0.25, 0.3) is 35.4 Å². The van der Waals surface area contributed by atoms with Gasteiger partial charge in [-0.05, 0) is 112 Å². The van der Waals surface area contributed by atoms with E-state index in [2.05, 4.69) is 63.8 Å². The molecule has 0 aliphatic carbocycles. The van der Waals surface area contributed by atoms with Crippen LogP contribution in [0, 0.1) is 67.7 Å². The highest BCUT2D eigenvalue weighted by molar-refractivity contribution is 6.10. The molecule has 0 saturated heterocycles. The molecular weight excluding hydrogens is 1230 g/mol. The van der Waals surface area contributed by atoms with E-state index >= 15 is 0 Å². The largest absolute Gasteiger partial charge is 0.396 e. The molecule has 3 rings (SSSR count). The summed E-state index contributed by atoms with van der Waals surface area (Å²) in [6.07, 6.45) is -8.34. The zero-order valence-electron chi connectivity index (χ0n) is 53.3. The number of carbonyl (C=O) groups excluding carboxylic acids is 9. The van der Waals surface area contributed by atoms with E-state index in [9.17, 15) is 110 Å². The first-order valence-electron chi connectivity index (χ1n) is 29.3. The Morgan fingerprint density at radius 3 is 0.581 bits per heavy atom. The van der Waals surface area contributed by atoms with Gasteiger partial charge in [0.2, 0.25) is 0 Å². The molecule has 0 saturated carbocycles. The predicted molar refractivity (Wildman–Crippen MR) is 335 cm³/mol. The summed E-state index contributed by atoms with van der Waals surface area (Å²) >= 11 is 0. The van der Waals surface area contributed by atoms with Crippen molar-refractivity contribution in [2.75, 3.05) is 121 Å². The van der Waals surface area contributed by atoms with Gasteiger partial charge in [-0.2, -0.15) is 0 Å². The molecule has 34 heteroatoms. The standard InChI is InChI=1S/C59H90N12O22/c1-26-41(50(85)60-10-35(79)16-72)29(4)47(30(5)42(26)51(86)61-11-36(80)17-73)69-56(91)66-22-59(25-78,23-67-57(92)70-48-31(6)43(52(87)62-12-37(81)18-74)27(2)44(32(48)7)53(88)63-13-38(82)19-75)24-68-58(93)71-49-33(8)45(54(89)64-14-39(83)20-76)28(3)46(34(49)9)55(90)65-15-40(84)21-77/h35-40,72-84H,10-25H2,1-9H3,(H,60,85)(H,61,86)(H,62,87)(H,63,88)(H,64,89)(H,65,90)(H2,66,69,91)(H2,67,70,92)(H2,68,71,93). The van der Waals surface area contributed by atoms with Crippen LogP contribution in [0.15, 0.2) is 0 Å². The van der Waals surface area contributed by atoms with E-state index in [1.54, 1.807) is 0 Å². The van der Waals surface area contributed by atoms with Crippen molar-refractivity contribution in [3.05, 3.63) is 83.5 Å². The van der Waals surface area contributed by atoms with Crippen molar-refractivity contribution in [3.8, 4) is 0 Å². The fourth-order valence-electron chi connectivity index (χ4n) is 10.1. The van der Waals surface area contributed by atoms with Crippen molar-refractivity contribution in [2.24, 2.45) is 5.41 Å². The van der Waals surface area contributed by atoms with Gasteiger partial charge in [0.1, 0.15) is 0 Å². The summed E-state index contributed by atoms with van der Waals surface area (Å²) in [5.74, 6) is -5.11. The van der Waals surface area contributed by atoms with Crippen molar-refractivity contribution < 1.29 is 110 Å². The first-order chi connectivity index (χ1) is 43.7. The lowest BCUT2D eigenvalue weighted by Gasteiger charge is -2.33. The molecule has 0 radical (unpaired) electrons. The molecule has 518 valence electrons. The number of hydrogen-bond acceptors (Lipinski definition) is 22. The molecular formula is C59H90N12O22. The number of hydrogen-bond donors (Lipinski definition) is 25. The molecule has 0 fully saturated rings. The second-order valence-corrected chi connectivity index (χ2v) is 22.4. The van der Waals surface area contributed by atoms with E-state index in [4.69, 9.17) is 0 Å². The van der Waals surface area contributed by atoms with Crippen LogP contribution in [0.4, 0.5) is 31.4 Å². The number of carbonyl (C=O) groups is 9. The molecule has 6 atom stereocenters. The third kappa shape index (κ3) is 21.1. The Morgan fingerprint density at radius 2 is 0.441 bits per heavy atom. The number of aliphatic hydroxyl groups is 13. The molecule has 34 nitrogen and oxygen atoms in total. The van der Waals surface area contributed by atoms with Crippen LogP contribution in [-0.4, -0.2) is 262 Å². The summed E-state index contributed by atoms with van der Waals surface area (Å²) < 4.78 is 0. The van der Waals surface area contributed by atoms with Crippen LogP contribution in [0.3, 0.4) is 0 Å². The second-order valence-electron chi connectivity index (χ2n) is 22.4. The number of anilines is 3. The van der Waals surface area contributed by atoms with Gasteiger partial charge >= 0.3 is 18.1 Å². The molecule has 12 amide bonds. The van der Waals surface area contributed by atoms with E-state index in [1.165, 1.54) is 62.3 Å².